The van der Waals surface area contributed by atoms with Gasteiger partial charge < -0.3 is 10.1 Å². The lowest BCUT2D eigenvalue weighted by atomic mass is 9.84. The molecule has 1 aliphatic carbocycles. The molecule has 1 unspecified atom stereocenters. The minimum atomic E-state index is -0.556. The highest BCUT2D eigenvalue weighted by atomic mass is 16.5. The zero-order valence-electron chi connectivity index (χ0n) is 13.4. The van der Waals surface area contributed by atoms with E-state index in [9.17, 15) is 9.59 Å². The highest BCUT2D eigenvalue weighted by Gasteiger charge is 2.23. The number of esters is 1. The quantitative estimate of drug-likeness (QED) is 0.643. The van der Waals surface area contributed by atoms with E-state index in [-0.39, 0.29) is 11.9 Å². The van der Waals surface area contributed by atoms with E-state index in [0.717, 1.165) is 12.5 Å². The highest BCUT2D eigenvalue weighted by molar-refractivity contribution is 5.94. The monoisotopic (exact) mass is 317 g/mol. The van der Waals surface area contributed by atoms with Crippen LogP contribution < -0.4 is 5.32 Å². The summed E-state index contributed by atoms with van der Waals surface area (Å²) in [7, 11) is 1.27. The van der Waals surface area contributed by atoms with E-state index in [1.807, 2.05) is 0 Å². The average molecular weight is 317 g/mol. The zero-order chi connectivity index (χ0) is 16.5. The maximum atomic E-state index is 12.0. The summed E-state index contributed by atoms with van der Waals surface area (Å²) in [6.45, 7) is 0. The van der Waals surface area contributed by atoms with E-state index in [2.05, 4.69) is 20.0 Å². The van der Waals surface area contributed by atoms with Crippen LogP contribution in [0.15, 0.2) is 30.6 Å². The van der Waals surface area contributed by atoms with Crippen molar-refractivity contribution in [3.05, 3.63) is 36.4 Å². The van der Waals surface area contributed by atoms with Crippen LogP contribution in [0.1, 0.15) is 50.4 Å². The molecule has 1 heterocycles. The molecule has 1 aliphatic rings. The summed E-state index contributed by atoms with van der Waals surface area (Å²) in [5.74, 6) is 0.281. The number of nitrogens with zero attached hydrogens (tertiary/aromatic N) is 2. The van der Waals surface area contributed by atoms with Gasteiger partial charge in [0.2, 0.25) is 5.91 Å². The maximum absolute atomic E-state index is 12.0. The lowest BCUT2D eigenvalue weighted by Crippen LogP contribution is -2.30. The van der Waals surface area contributed by atoms with Crippen LogP contribution in [-0.2, 0) is 14.3 Å². The van der Waals surface area contributed by atoms with Crippen molar-refractivity contribution in [3.63, 3.8) is 0 Å². The highest BCUT2D eigenvalue weighted by Crippen LogP contribution is 2.30. The standard InChI is InChI=1S/C17H23N3O3/c1-23-16(22)9-8-15(21)20-14(17-18-10-5-11-19-17)12-13-6-3-2-4-7-13/h5,8-11,13-14H,2-4,6-7,12H2,1H3,(H,20,21)/b9-8+. The number of hydrogen-bond donors (Lipinski definition) is 1. The van der Waals surface area contributed by atoms with Crippen LogP contribution in [0.5, 0.6) is 0 Å². The van der Waals surface area contributed by atoms with Gasteiger partial charge >= 0.3 is 5.97 Å². The zero-order valence-corrected chi connectivity index (χ0v) is 13.4. The first-order valence-corrected chi connectivity index (χ1v) is 8.02. The molecule has 1 aromatic heterocycles. The normalized spacial score (nSPS) is 16.9. The molecule has 1 aromatic rings. The molecule has 2 rings (SSSR count). The van der Waals surface area contributed by atoms with Crippen molar-refractivity contribution in [2.75, 3.05) is 7.11 Å². The van der Waals surface area contributed by atoms with E-state index in [0.29, 0.717) is 11.7 Å². The summed E-state index contributed by atoms with van der Waals surface area (Å²) in [5.41, 5.74) is 0. The molecule has 0 radical (unpaired) electrons. The Kier molecular flexibility index (Phi) is 6.72. The number of carbonyl (C=O) groups excluding carboxylic acids is 2. The Balaban J connectivity index is 2.02. The van der Waals surface area contributed by atoms with Crippen molar-refractivity contribution in [2.45, 2.75) is 44.6 Å². The number of rotatable bonds is 6. The van der Waals surface area contributed by atoms with Gasteiger partial charge in [-0.05, 0) is 18.4 Å². The van der Waals surface area contributed by atoms with Gasteiger partial charge in [0.25, 0.3) is 0 Å². The van der Waals surface area contributed by atoms with Crippen molar-refractivity contribution in [3.8, 4) is 0 Å². The lowest BCUT2D eigenvalue weighted by molar-refractivity contribution is -0.135. The van der Waals surface area contributed by atoms with Crippen molar-refractivity contribution < 1.29 is 14.3 Å². The molecule has 124 valence electrons. The summed E-state index contributed by atoms with van der Waals surface area (Å²) in [6, 6.07) is 1.51. The minimum absolute atomic E-state index is 0.242. The first-order chi connectivity index (χ1) is 11.2. The second-order valence-electron chi connectivity index (χ2n) is 5.76. The molecular formula is C17H23N3O3. The fourth-order valence-electron chi connectivity index (χ4n) is 2.91. The fraction of sp³-hybridized carbons (Fsp3) is 0.529. The molecule has 1 saturated carbocycles. The number of amides is 1. The number of carbonyl (C=O) groups is 2. The predicted molar refractivity (Wildman–Crippen MR) is 85.3 cm³/mol. The first kappa shape index (κ1) is 17.1. The maximum Gasteiger partial charge on any atom is 0.330 e. The Morgan fingerprint density at radius 2 is 1.96 bits per heavy atom. The summed E-state index contributed by atoms with van der Waals surface area (Å²) >= 11 is 0. The molecule has 1 N–H and O–H groups in total. The summed E-state index contributed by atoms with van der Waals surface area (Å²) in [6.07, 6.45) is 12.6. The van der Waals surface area contributed by atoms with Gasteiger partial charge in [0.15, 0.2) is 0 Å². The van der Waals surface area contributed by atoms with E-state index >= 15 is 0 Å². The molecule has 23 heavy (non-hydrogen) atoms. The van der Waals surface area contributed by atoms with Gasteiger partial charge in [0.05, 0.1) is 13.2 Å². The molecule has 0 saturated heterocycles. The van der Waals surface area contributed by atoms with Gasteiger partial charge in [-0.2, -0.15) is 0 Å². The van der Waals surface area contributed by atoms with Crippen LogP contribution in [0.25, 0.3) is 0 Å². The van der Waals surface area contributed by atoms with Crippen LogP contribution in [0.3, 0.4) is 0 Å². The van der Waals surface area contributed by atoms with Crippen molar-refractivity contribution in [1.82, 2.24) is 15.3 Å². The SMILES string of the molecule is COC(=O)/C=C/C(=O)NC(CC1CCCCC1)c1ncccn1. The van der Waals surface area contributed by atoms with Gasteiger partial charge in [-0.15, -0.1) is 0 Å². The molecule has 0 aromatic carbocycles. The molecule has 0 bridgehead atoms. The Morgan fingerprint density at radius 1 is 1.26 bits per heavy atom. The summed E-state index contributed by atoms with van der Waals surface area (Å²) in [5, 5.41) is 2.90. The third-order valence-electron chi connectivity index (χ3n) is 4.08. The average Bonchev–Trinajstić information content (AvgIpc) is 2.60. The Morgan fingerprint density at radius 3 is 2.61 bits per heavy atom. The number of methoxy groups -OCH3 is 1. The summed E-state index contributed by atoms with van der Waals surface area (Å²) < 4.78 is 4.48. The first-order valence-electron chi connectivity index (χ1n) is 8.02. The van der Waals surface area contributed by atoms with Gasteiger partial charge in [-0.25, -0.2) is 14.8 Å². The van der Waals surface area contributed by atoms with Gasteiger partial charge in [-0.1, -0.05) is 32.1 Å². The topological polar surface area (TPSA) is 81.2 Å². The van der Waals surface area contributed by atoms with Crippen LogP contribution >= 0.6 is 0 Å². The van der Waals surface area contributed by atoms with E-state index in [1.54, 1.807) is 18.5 Å². The second-order valence-corrected chi connectivity index (χ2v) is 5.76. The molecule has 6 heteroatoms. The smallest absolute Gasteiger partial charge is 0.330 e. The number of hydrogen-bond acceptors (Lipinski definition) is 5. The Labute approximate surface area is 136 Å². The number of ether oxygens (including phenoxy) is 1. The second kappa shape index (κ2) is 9.02. The third-order valence-corrected chi connectivity index (χ3v) is 4.08. The molecule has 1 amide bonds. The van der Waals surface area contributed by atoms with Gasteiger partial charge in [0, 0.05) is 24.5 Å². The Hall–Kier alpha value is -2.24. The summed E-state index contributed by atoms with van der Waals surface area (Å²) in [4.78, 5) is 31.6. The van der Waals surface area contributed by atoms with Crippen LogP contribution in [0, 0.1) is 5.92 Å². The number of nitrogens with one attached hydrogen (secondary N) is 1. The van der Waals surface area contributed by atoms with E-state index in [4.69, 9.17) is 0 Å². The predicted octanol–water partition coefficient (Wildman–Crippen LogP) is 2.33. The van der Waals surface area contributed by atoms with Crippen LogP contribution in [-0.4, -0.2) is 29.0 Å². The largest absolute Gasteiger partial charge is 0.466 e. The minimum Gasteiger partial charge on any atom is -0.466 e. The lowest BCUT2D eigenvalue weighted by Gasteiger charge is -2.26. The van der Waals surface area contributed by atoms with Gasteiger partial charge in [-0.3, -0.25) is 4.79 Å². The molecule has 1 fully saturated rings. The molecule has 0 aliphatic heterocycles. The molecule has 6 nitrogen and oxygen atoms in total. The molecular weight excluding hydrogens is 294 g/mol. The van der Waals surface area contributed by atoms with Crippen molar-refractivity contribution >= 4 is 11.9 Å². The fourth-order valence-corrected chi connectivity index (χ4v) is 2.91. The van der Waals surface area contributed by atoms with Crippen molar-refractivity contribution in [2.24, 2.45) is 5.92 Å². The van der Waals surface area contributed by atoms with Crippen LogP contribution in [0.2, 0.25) is 0 Å². The Bertz CT molecular complexity index is 539. The van der Waals surface area contributed by atoms with E-state index < -0.39 is 5.97 Å². The van der Waals surface area contributed by atoms with Gasteiger partial charge in [0.1, 0.15) is 5.82 Å². The van der Waals surface area contributed by atoms with E-state index in [1.165, 1.54) is 45.3 Å². The third kappa shape index (κ3) is 5.81. The van der Waals surface area contributed by atoms with Crippen LogP contribution in [0.4, 0.5) is 0 Å². The molecule has 0 spiro atoms. The number of aromatic nitrogens is 2. The molecule has 1 atom stereocenters. The van der Waals surface area contributed by atoms with Crippen molar-refractivity contribution in [1.29, 1.82) is 0 Å².